The first-order chi connectivity index (χ1) is 8.22. The monoisotopic (exact) mass is 232 g/mol. The standard InChI is InChI=1S/C14H13FO2/c15-14-3-1-2-12(7-14)13-5-10(8-16)4-11(6-13)9-17/h1-7,16-17H,8-9H2. The summed E-state index contributed by atoms with van der Waals surface area (Å²) in [6.45, 7) is -0.202. The van der Waals surface area contributed by atoms with Crippen molar-refractivity contribution in [3.63, 3.8) is 0 Å². The van der Waals surface area contributed by atoms with E-state index >= 15 is 0 Å². The van der Waals surface area contributed by atoms with Crippen molar-refractivity contribution >= 4 is 0 Å². The SMILES string of the molecule is OCc1cc(CO)cc(-c2cccc(F)c2)c1. The number of hydrogen-bond donors (Lipinski definition) is 2. The van der Waals surface area contributed by atoms with Crippen LogP contribution in [0.2, 0.25) is 0 Å². The summed E-state index contributed by atoms with van der Waals surface area (Å²) in [6, 6.07) is 11.5. The third kappa shape index (κ3) is 2.70. The molecular formula is C14H13FO2. The van der Waals surface area contributed by atoms with Gasteiger partial charge in [-0.05, 0) is 46.5 Å². The fraction of sp³-hybridized carbons (Fsp3) is 0.143. The number of halogens is 1. The Morgan fingerprint density at radius 3 is 2.00 bits per heavy atom. The molecule has 0 atom stereocenters. The average Bonchev–Trinajstić information content (AvgIpc) is 2.38. The predicted molar refractivity (Wildman–Crippen MR) is 63.7 cm³/mol. The molecule has 0 fully saturated rings. The van der Waals surface area contributed by atoms with Gasteiger partial charge >= 0.3 is 0 Å². The molecule has 0 heterocycles. The number of aliphatic hydroxyl groups excluding tert-OH is 2. The van der Waals surface area contributed by atoms with E-state index in [1.807, 2.05) is 0 Å². The Hall–Kier alpha value is -1.71. The lowest BCUT2D eigenvalue weighted by Crippen LogP contribution is -1.91. The average molecular weight is 232 g/mol. The molecule has 0 radical (unpaired) electrons. The molecule has 0 bridgehead atoms. The molecule has 88 valence electrons. The number of rotatable bonds is 3. The molecule has 0 aliphatic rings. The summed E-state index contributed by atoms with van der Waals surface area (Å²) in [6.07, 6.45) is 0. The van der Waals surface area contributed by atoms with Crippen molar-refractivity contribution < 1.29 is 14.6 Å². The molecule has 2 nitrogen and oxygen atoms in total. The zero-order chi connectivity index (χ0) is 12.3. The van der Waals surface area contributed by atoms with E-state index in [4.69, 9.17) is 10.2 Å². The molecule has 3 heteroatoms. The largest absolute Gasteiger partial charge is 0.392 e. The highest BCUT2D eigenvalue weighted by Crippen LogP contribution is 2.23. The molecule has 2 rings (SSSR count). The van der Waals surface area contributed by atoms with Gasteiger partial charge in [0.25, 0.3) is 0 Å². The van der Waals surface area contributed by atoms with Gasteiger partial charge in [-0.25, -0.2) is 4.39 Å². The molecule has 2 N–H and O–H groups in total. The molecule has 0 aromatic heterocycles. The first kappa shape index (κ1) is 11.8. The Morgan fingerprint density at radius 1 is 0.824 bits per heavy atom. The Labute approximate surface area is 99.0 Å². The van der Waals surface area contributed by atoms with Gasteiger partial charge in [0.05, 0.1) is 13.2 Å². The van der Waals surface area contributed by atoms with Crippen LogP contribution in [0.25, 0.3) is 11.1 Å². The van der Waals surface area contributed by atoms with E-state index in [1.165, 1.54) is 12.1 Å². The molecular weight excluding hydrogens is 219 g/mol. The molecule has 2 aromatic carbocycles. The van der Waals surface area contributed by atoms with Crippen LogP contribution >= 0.6 is 0 Å². The van der Waals surface area contributed by atoms with Gasteiger partial charge in [0, 0.05) is 0 Å². The van der Waals surface area contributed by atoms with Crippen LogP contribution in [0.3, 0.4) is 0 Å². The van der Waals surface area contributed by atoms with Gasteiger partial charge in [-0.15, -0.1) is 0 Å². The summed E-state index contributed by atoms with van der Waals surface area (Å²) >= 11 is 0. The zero-order valence-corrected chi connectivity index (χ0v) is 9.23. The van der Waals surface area contributed by atoms with Crippen LogP contribution < -0.4 is 0 Å². The topological polar surface area (TPSA) is 40.5 Å². The quantitative estimate of drug-likeness (QED) is 0.853. The van der Waals surface area contributed by atoms with E-state index in [9.17, 15) is 4.39 Å². The summed E-state index contributed by atoms with van der Waals surface area (Å²) in [7, 11) is 0. The number of aliphatic hydroxyl groups is 2. The van der Waals surface area contributed by atoms with Gasteiger partial charge < -0.3 is 10.2 Å². The van der Waals surface area contributed by atoms with Gasteiger partial charge in [-0.2, -0.15) is 0 Å². The fourth-order valence-electron chi connectivity index (χ4n) is 1.78. The van der Waals surface area contributed by atoms with E-state index in [0.29, 0.717) is 11.1 Å². The van der Waals surface area contributed by atoms with Gasteiger partial charge in [0.2, 0.25) is 0 Å². The second-order valence-electron chi connectivity index (χ2n) is 3.86. The molecule has 0 aliphatic carbocycles. The summed E-state index contributed by atoms with van der Waals surface area (Å²) < 4.78 is 13.1. The molecule has 17 heavy (non-hydrogen) atoms. The molecule has 0 saturated carbocycles. The first-order valence-electron chi connectivity index (χ1n) is 5.33. The van der Waals surface area contributed by atoms with E-state index in [1.54, 1.807) is 30.3 Å². The van der Waals surface area contributed by atoms with E-state index in [2.05, 4.69) is 0 Å². The van der Waals surface area contributed by atoms with Gasteiger partial charge in [0.15, 0.2) is 0 Å². The van der Waals surface area contributed by atoms with Crippen LogP contribution in [0, 0.1) is 5.82 Å². The van der Waals surface area contributed by atoms with Gasteiger partial charge in [-0.3, -0.25) is 0 Å². The van der Waals surface area contributed by atoms with Crippen molar-refractivity contribution in [3.05, 3.63) is 59.4 Å². The highest BCUT2D eigenvalue weighted by Gasteiger charge is 2.03. The van der Waals surface area contributed by atoms with Crippen LogP contribution in [0.5, 0.6) is 0 Å². The summed E-state index contributed by atoms with van der Waals surface area (Å²) in [5.74, 6) is -0.303. The zero-order valence-electron chi connectivity index (χ0n) is 9.23. The maximum atomic E-state index is 13.1. The molecule has 0 unspecified atom stereocenters. The number of benzene rings is 2. The Kier molecular flexibility index (Phi) is 3.52. The second-order valence-corrected chi connectivity index (χ2v) is 3.86. The fourth-order valence-corrected chi connectivity index (χ4v) is 1.78. The highest BCUT2D eigenvalue weighted by molar-refractivity contribution is 5.65. The lowest BCUT2D eigenvalue weighted by atomic mass is 10.00. The molecule has 0 amide bonds. The summed E-state index contributed by atoms with van der Waals surface area (Å²) in [5, 5.41) is 18.3. The van der Waals surface area contributed by atoms with Crippen LogP contribution in [0.15, 0.2) is 42.5 Å². The van der Waals surface area contributed by atoms with Crippen LogP contribution in [0.1, 0.15) is 11.1 Å². The van der Waals surface area contributed by atoms with Crippen LogP contribution in [-0.4, -0.2) is 10.2 Å². The smallest absolute Gasteiger partial charge is 0.123 e. The minimum absolute atomic E-state index is 0.101. The summed E-state index contributed by atoms with van der Waals surface area (Å²) in [4.78, 5) is 0. The maximum Gasteiger partial charge on any atom is 0.123 e. The highest BCUT2D eigenvalue weighted by atomic mass is 19.1. The Morgan fingerprint density at radius 2 is 1.47 bits per heavy atom. The van der Waals surface area contributed by atoms with Crippen molar-refractivity contribution in [2.45, 2.75) is 13.2 Å². The van der Waals surface area contributed by atoms with Crippen molar-refractivity contribution in [3.8, 4) is 11.1 Å². The summed E-state index contributed by atoms with van der Waals surface area (Å²) in [5.41, 5.74) is 2.93. The van der Waals surface area contributed by atoms with Crippen molar-refractivity contribution in [1.29, 1.82) is 0 Å². The molecule has 2 aromatic rings. The van der Waals surface area contributed by atoms with Crippen LogP contribution in [0.4, 0.5) is 4.39 Å². The molecule has 0 aliphatic heterocycles. The van der Waals surface area contributed by atoms with Crippen molar-refractivity contribution in [1.82, 2.24) is 0 Å². The normalized spacial score (nSPS) is 10.5. The maximum absolute atomic E-state index is 13.1. The van der Waals surface area contributed by atoms with E-state index in [0.717, 1.165) is 11.1 Å². The minimum Gasteiger partial charge on any atom is -0.392 e. The van der Waals surface area contributed by atoms with E-state index in [-0.39, 0.29) is 19.0 Å². The number of hydrogen-bond acceptors (Lipinski definition) is 2. The van der Waals surface area contributed by atoms with Crippen LogP contribution in [-0.2, 0) is 13.2 Å². The minimum atomic E-state index is -0.303. The van der Waals surface area contributed by atoms with Gasteiger partial charge in [0.1, 0.15) is 5.82 Å². The van der Waals surface area contributed by atoms with Crippen molar-refractivity contribution in [2.24, 2.45) is 0 Å². The second kappa shape index (κ2) is 5.08. The molecule has 0 spiro atoms. The molecule has 0 saturated heterocycles. The predicted octanol–water partition coefficient (Wildman–Crippen LogP) is 2.48. The lowest BCUT2D eigenvalue weighted by Gasteiger charge is -2.07. The third-order valence-electron chi connectivity index (χ3n) is 2.58. The van der Waals surface area contributed by atoms with Gasteiger partial charge in [-0.1, -0.05) is 18.2 Å². The van der Waals surface area contributed by atoms with Crippen molar-refractivity contribution in [2.75, 3.05) is 0 Å². The third-order valence-corrected chi connectivity index (χ3v) is 2.58. The Balaban J connectivity index is 2.50. The Bertz CT molecular complexity index is 501. The lowest BCUT2D eigenvalue weighted by molar-refractivity contribution is 0.275. The van der Waals surface area contributed by atoms with E-state index < -0.39 is 0 Å². The first-order valence-corrected chi connectivity index (χ1v) is 5.33.